The van der Waals surface area contributed by atoms with E-state index in [1.54, 1.807) is 12.4 Å². The van der Waals surface area contributed by atoms with E-state index in [0.29, 0.717) is 6.61 Å². The molecular formula is C16H21N3O. The van der Waals surface area contributed by atoms with Gasteiger partial charge < -0.3 is 4.74 Å². The van der Waals surface area contributed by atoms with Gasteiger partial charge in [0, 0.05) is 19.0 Å². The van der Waals surface area contributed by atoms with Gasteiger partial charge in [0.15, 0.2) is 0 Å². The van der Waals surface area contributed by atoms with Gasteiger partial charge in [-0.2, -0.15) is 0 Å². The lowest BCUT2D eigenvalue weighted by atomic mass is 9.97. The lowest BCUT2D eigenvalue weighted by Crippen LogP contribution is -2.42. The minimum absolute atomic E-state index is 0.0137. The Morgan fingerprint density at radius 3 is 2.45 bits per heavy atom. The molecule has 0 saturated carbocycles. The fourth-order valence-electron chi connectivity index (χ4n) is 2.29. The molecule has 0 aliphatic carbocycles. The molecule has 4 nitrogen and oxygen atoms in total. The van der Waals surface area contributed by atoms with Gasteiger partial charge in [-0.25, -0.2) is 0 Å². The molecule has 1 heterocycles. The number of aromatic nitrogens is 1. The Morgan fingerprint density at radius 2 is 1.85 bits per heavy atom. The molecule has 0 spiro atoms. The van der Waals surface area contributed by atoms with Crippen LogP contribution in [0, 0.1) is 0 Å². The van der Waals surface area contributed by atoms with Crippen LogP contribution >= 0.6 is 0 Å². The van der Waals surface area contributed by atoms with Crippen LogP contribution < -0.4 is 11.3 Å². The highest BCUT2D eigenvalue weighted by Gasteiger charge is 2.22. The number of pyridine rings is 1. The van der Waals surface area contributed by atoms with Gasteiger partial charge in [-0.3, -0.25) is 16.3 Å². The first-order valence-corrected chi connectivity index (χ1v) is 6.86. The molecule has 1 aromatic heterocycles. The lowest BCUT2D eigenvalue weighted by molar-refractivity contribution is 0.0332. The molecule has 0 amide bonds. The fraction of sp³-hybridized carbons (Fsp3) is 0.312. The van der Waals surface area contributed by atoms with Crippen molar-refractivity contribution in [1.82, 2.24) is 10.4 Å². The van der Waals surface area contributed by atoms with Crippen LogP contribution in [0.25, 0.3) is 0 Å². The SMILES string of the molecule is CCOC(c1ccccc1)C(Cc1ccncc1)NN. The number of nitrogens with two attached hydrogens (primary N) is 1. The second-order valence-electron chi connectivity index (χ2n) is 4.62. The Labute approximate surface area is 120 Å². The Kier molecular flexibility index (Phi) is 5.68. The van der Waals surface area contributed by atoms with Crippen molar-refractivity contribution in [3.05, 3.63) is 66.0 Å². The summed E-state index contributed by atoms with van der Waals surface area (Å²) < 4.78 is 5.90. The third kappa shape index (κ3) is 3.87. The molecule has 0 fully saturated rings. The summed E-state index contributed by atoms with van der Waals surface area (Å²) in [5.41, 5.74) is 5.20. The molecule has 106 valence electrons. The molecule has 4 heteroatoms. The minimum Gasteiger partial charge on any atom is -0.372 e. The molecule has 1 aromatic carbocycles. The molecule has 20 heavy (non-hydrogen) atoms. The number of rotatable bonds is 7. The number of benzene rings is 1. The Morgan fingerprint density at radius 1 is 1.15 bits per heavy atom. The first kappa shape index (κ1) is 14.7. The zero-order chi connectivity index (χ0) is 14.2. The zero-order valence-corrected chi connectivity index (χ0v) is 11.7. The predicted octanol–water partition coefficient (Wildman–Crippen LogP) is 2.23. The van der Waals surface area contributed by atoms with Crippen LogP contribution in [-0.4, -0.2) is 17.6 Å². The van der Waals surface area contributed by atoms with Crippen molar-refractivity contribution in [2.24, 2.45) is 5.84 Å². The average molecular weight is 271 g/mol. The molecule has 2 unspecified atom stereocenters. The van der Waals surface area contributed by atoms with Crippen LogP contribution in [0.5, 0.6) is 0 Å². The number of nitrogens with one attached hydrogen (secondary N) is 1. The summed E-state index contributed by atoms with van der Waals surface area (Å²) in [7, 11) is 0. The molecule has 0 saturated heterocycles. The van der Waals surface area contributed by atoms with E-state index in [1.807, 2.05) is 37.3 Å². The van der Waals surface area contributed by atoms with E-state index in [9.17, 15) is 0 Å². The van der Waals surface area contributed by atoms with Gasteiger partial charge in [0.05, 0.1) is 12.1 Å². The molecule has 0 aliphatic heterocycles. The van der Waals surface area contributed by atoms with Crippen molar-refractivity contribution >= 4 is 0 Å². The fourth-order valence-corrected chi connectivity index (χ4v) is 2.29. The molecule has 2 rings (SSSR count). The lowest BCUT2D eigenvalue weighted by Gasteiger charge is -2.27. The number of hydrogen-bond acceptors (Lipinski definition) is 4. The van der Waals surface area contributed by atoms with Gasteiger partial charge in [-0.1, -0.05) is 30.3 Å². The van der Waals surface area contributed by atoms with Crippen molar-refractivity contribution in [3.63, 3.8) is 0 Å². The van der Waals surface area contributed by atoms with E-state index < -0.39 is 0 Å². The van der Waals surface area contributed by atoms with Crippen LogP contribution in [0.1, 0.15) is 24.2 Å². The van der Waals surface area contributed by atoms with Crippen LogP contribution in [0.4, 0.5) is 0 Å². The molecule has 0 aliphatic rings. The monoisotopic (exact) mass is 271 g/mol. The maximum absolute atomic E-state index is 5.90. The maximum Gasteiger partial charge on any atom is 0.0994 e. The predicted molar refractivity (Wildman–Crippen MR) is 79.9 cm³/mol. The molecule has 3 N–H and O–H groups in total. The van der Waals surface area contributed by atoms with Crippen LogP contribution in [0.2, 0.25) is 0 Å². The summed E-state index contributed by atoms with van der Waals surface area (Å²) in [4.78, 5) is 4.03. The highest BCUT2D eigenvalue weighted by molar-refractivity contribution is 5.21. The smallest absolute Gasteiger partial charge is 0.0994 e. The van der Waals surface area contributed by atoms with E-state index in [-0.39, 0.29) is 12.1 Å². The van der Waals surface area contributed by atoms with Gasteiger partial charge in [0.25, 0.3) is 0 Å². The highest BCUT2D eigenvalue weighted by atomic mass is 16.5. The number of hydrazine groups is 1. The Hall–Kier alpha value is -1.75. The van der Waals surface area contributed by atoms with Crippen molar-refractivity contribution in [2.45, 2.75) is 25.5 Å². The maximum atomic E-state index is 5.90. The van der Waals surface area contributed by atoms with Crippen molar-refractivity contribution in [1.29, 1.82) is 0 Å². The van der Waals surface area contributed by atoms with Gasteiger partial charge in [-0.15, -0.1) is 0 Å². The third-order valence-electron chi connectivity index (χ3n) is 3.26. The first-order valence-electron chi connectivity index (χ1n) is 6.86. The first-order chi connectivity index (χ1) is 9.85. The second kappa shape index (κ2) is 7.75. The molecule has 2 atom stereocenters. The Bertz CT molecular complexity index is 490. The normalized spacial score (nSPS) is 13.9. The van der Waals surface area contributed by atoms with Gasteiger partial charge in [0.1, 0.15) is 0 Å². The number of nitrogens with zero attached hydrogens (tertiary/aromatic N) is 1. The van der Waals surface area contributed by atoms with Crippen LogP contribution in [0.15, 0.2) is 54.9 Å². The largest absolute Gasteiger partial charge is 0.372 e. The van der Waals surface area contributed by atoms with Crippen molar-refractivity contribution in [2.75, 3.05) is 6.61 Å². The summed E-state index contributed by atoms with van der Waals surface area (Å²) in [5.74, 6) is 5.74. The van der Waals surface area contributed by atoms with Crippen molar-refractivity contribution < 1.29 is 4.74 Å². The van der Waals surface area contributed by atoms with Crippen molar-refractivity contribution in [3.8, 4) is 0 Å². The summed E-state index contributed by atoms with van der Waals surface area (Å²) in [5, 5.41) is 0. The topological polar surface area (TPSA) is 60.2 Å². The summed E-state index contributed by atoms with van der Waals surface area (Å²) >= 11 is 0. The van der Waals surface area contributed by atoms with E-state index >= 15 is 0 Å². The van der Waals surface area contributed by atoms with E-state index in [4.69, 9.17) is 10.6 Å². The van der Waals surface area contributed by atoms with E-state index in [2.05, 4.69) is 22.5 Å². The summed E-state index contributed by atoms with van der Waals surface area (Å²) in [6.45, 7) is 2.64. The number of ether oxygens (including phenoxy) is 1. The highest BCUT2D eigenvalue weighted by Crippen LogP contribution is 2.23. The summed E-state index contributed by atoms with van der Waals surface area (Å²) in [6.07, 6.45) is 4.31. The van der Waals surface area contributed by atoms with Gasteiger partial charge >= 0.3 is 0 Å². The Balaban J connectivity index is 2.17. The average Bonchev–Trinajstić information content (AvgIpc) is 2.52. The number of hydrogen-bond donors (Lipinski definition) is 2. The minimum atomic E-state index is -0.0700. The standard InChI is InChI=1S/C16H21N3O/c1-2-20-16(14-6-4-3-5-7-14)15(19-17)12-13-8-10-18-11-9-13/h3-11,15-16,19H,2,12,17H2,1H3. The zero-order valence-electron chi connectivity index (χ0n) is 11.7. The van der Waals surface area contributed by atoms with Gasteiger partial charge in [0.2, 0.25) is 0 Å². The van der Waals surface area contributed by atoms with Crippen LogP contribution in [0.3, 0.4) is 0 Å². The quantitative estimate of drug-likeness (QED) is 0.599. The molecular weight excluding hydrogens is 250 g/mol. The van der Waals surface area contributed by atoms with E-state index in [1.165, 1.54) is 5.56 Å². The van der Waals surface area contributed by atoms with Gasteiger partial charge in [-0.05, 0) is 36.6 Å². The molecule has 2 aromatic rings. The third-order valence-corrected chi connectivity index (χ3v) is 3.26. The molecule has 0 radical (unpaired) electrons. The summed E-state index contributed by atoms with van der Waals surface area (Å²) in [6, 6.07) is 14.2. The second-order valence-corrected chi connectivity index (χ2v) is 4.62. The van der Waals surface area contributed by atoms with Crippen LogP contribution in [-0.2, 0) is 11.2 Å². The van der Waals surface area contributed by atoms with E-state index in [0.717, 1.165) is 12.0 Å². The molecule has 0 bridgehead atoms.